The fourth-order valence-corrected chi connectivity index (χ4v) is 4.88. The van der Waals surface area contributed by atoms with Crippen LogP contribution in [0.15, 0.2) is 24.8 Å². The fraction of sp³-hybridized carbons (Fsp3) is 0.640. The molecule has 0 radical (unpaired) electrons. The highest BCUT2D eigenvalue weighted by Crippen LogP contribution is 2.23. The minimum atomic E-state index is -0.484. The van der Waals surface area contributed by atoms with Crippen molar-refractivity contribution < 1.29 is 24.2 Å². The van der Waals surface area contributed by atoms with Crippen molar-refractivity contribution in [3.8, 4) is 0 Å². The number of aliphatic hydroxyl groups excluding tert-OH is 1. The van der Waals surface area contributed by atoms with Crippen molar-refractivity contribution in [2.45, 2.75) is 72.3 Å². The number of rotatable bonds is 10. The van der Waals surface area contributed by atoms with E-state index in [-0.39, 0.29) is 24.2 Å². The van der Waals surface area contributed by atoms with Crippen LogP contribution >= 0.6 is 0 Å². The van der Waals surface area contributed by atoms with Crippen LogP contribution in [-0.2, 0) is 34.3 Å². The SMILES string of the molecule is CCCC1CC(=O)N(Cn2ccnc2C(=O)OC)C1.CCCC1CC(=O)N(Cn2ccnc2CO)C1. The minimum Gasteiger partial charge on any atom is -0.463 e. The predicted octanol–water partition coefficient (Wildman–Crippen LogP) is 2.26. The molecule has 0 saturated carbocycles. The van der Waals surface area contributed by atoms with E-state index in [1.807, 2.05) is 9.47 Å². The third kappa shape index (κ3) is 6.93. The molecule has 0 spiro atoms. The van der Waals surface area contributed by atoms with Gasteiger partial charge >= 0.3 is 5.97 Å². The standard InChI is InChI=1S/C13H19N3O3.C12H19N3O2/c1-3-4-10-7-11(17)16(8-10)9-15-6-5-14-12(15)13(18)19-2;1-2-3-10-6-12(17)15(7-10)9-14-5-4-13-11(14)8-16/h5-6,10H,3-4,7-9H2,1-2H3;4-5,10,16H,2-3,6-9H2,1H3. The summed E-state index contributed by atoms with van der Waals surface area (Å²) in [7, 11) is 1.32. The Balaban J connectivity index is 0.000000202. The summed E-state index contributed by atoms with van der Waals surface area (Å²) in [6, 6.07) is 0. The molecule has 4 rings (SSSR count). The van der Waals surface area contributed by atoms with Gasteiger partial charge in [0.05, 0.1) is 20.4 Å². The number of methoxy groups -OCH3 is 1. The van der Waals surface area contributed by atoms with Gasteiger partial charge in [-0.3, -0.25) is 9.59 Å². The molecule has 11 heteroatoms. The Morgan fingerprint density at radius 3 is 2.00 bits per heavy atom. The van der Waals surface area contributed by atoms with Crippen LogP contribution in [0, 0.1) is 11.8 Å². The maximum absolute atomic E-state index is 11.9. The average molecular weight is 503 g/mol. The van der Waals surface area contributed by atoms with Gasteiger partial charge in [0.1, 0.15) is 12.4 Å². The van der Waals surface area contributed by atoms with Crippen molar-refractivity contribution in [3.05, 3.63) is 36.4 Å². The van der Waals surface area contributed by atoms with Gasteiger partial charge in [-0.05, 0) is 24.7 Å². The van der Waals surface area contributed by atoms with E-state index in [1.54, 1.807) is 28.1 Å². The van der Waals surface area contributed by atoms with Gasteiger partial charge in [-0.1, -0.05) is 26.7 Å². The maximum Gasteiger partial charge on any atom is 0.374 e. The van der Waals surface area contributed by atoms with Crippen molar-refractivity contribution >= 4 is 17.8 Å². The molecule has 2 amide bonds. The van der Waals surface area contributed by atoms with E-state index in [9.17, 15) is 14.4 Å². The Hall–Kier alpha value is -3.21. The van der Waals surface area contributed by atoms with Crippen molar-refractivity contribution in [2.75, 3.05) is 20.2 Å². The molecule has 0 aromatic carbocycles. The third-order valence-corrected chi connectivity index (χ3v) is 6.66. The molecule has 2 aliphatic rings. The second kappa shape index (κ2) is 13.2. The normalized spacial score (nSPS) is 19.6. The smallest absolute Gasteiger partial charge is 0.374 e. The Kier molecular flexibility index (Phi) is 10.0. The van der Waals surface area contributed by atoms with Crippen LogP contribution in [0.2, 0.25) is 0 Å². The summed E-state index contributed by atoms with van der Waals surface area (Å²) in [5, 5.41) is 9.10. The Morgan fingerprint density at radius 1 is 0.944 bits per heavy atom. The predicted molar refractivity (Wildman–Crippen MR) is 131 cm³/mol. The van der Waals surface area contributed by atoms with Gasteiger partial charge in [-0.15, -0.1) is 0 Å². The minimum absolute atomic E-state index is 0.0899. The highest BCUT2D eigenvalue weighted by Gasteiger charge is 2.30. The first-order chi connectivity index (χ1) is 17.4. The van der Waals surface area contributed by atoms with Crippen molar-refractivity contribution in [1.82, 2.24) is 28.9 Å². The highest BCUT2D eigenvalue weighted by atomic mass is 16.5. The van der Waals surface area contributed by atoms with Crippen LogP contribution in [0.3, 0.4) is 0 Å². The lowest BCUT2D eigenvalue weighted by molar-refractivity contribution is -0.130. The first-order valence-electron chi connectivity index (χ1n) is 12.7. The zero-order valence-corrected chi connectivity index (χ0v) is 21.5. The molecule has 2 aliphatic heterocycles. The van der Waals surface area contributed by atoms with Gasteiger partial charge in [0.15, 0.2) is 0 Å². The fourth-order valence-electron chi connectivity index (χ4n) is 4.88. The van der Waals surface area contributed by atoms with Crippen molar-refractivity contribution in [2.24, 2.45) is 11.8 Å². The molecule has 2 aromatic heterocycles. The van der Waals surface area contributed by atoms with Gasteiger partial charge in [-0.2, -0.15) is 0 Å². The number of aliphatic hydroxyl groups is 1. The van der Waals surface area contributed by atoms with Crippen LogP contribution in [-0.4, -0.2) is 72.0 Å². The molecule has 0 bridgehead atoms. The van der Waals surface area contributed by atoms with E-state index < -0.39 is 5.97 Å². The van der Waals surface area contributed by atoms with Crippen LogP contribution in [0.25, 0.3) is 0 Å². The number of carbonyl (C=O) groups excluding carboxylic acids is 3. The molecule has 36 heavy (non-hydrogen) atoms. The summed E-state index contributed by atoms with van der Waals surface area (Å²) < 4.78 is 8.14. The average Bonchev–Trinajstić information content (AvgIpc) is 3.64. The molecule has 2 unspecified atom stereocenters. The van der Waals surface area contributed by atoms with Crippen LogP contribution in [0.5, 0.6) is 0 Å². The number of imidazole rings is 2. The number of likely N-dealkylation sites (tertiary alicyclic amines) is 2. The largest absolute Gasteiger partial charge is 0.463 e. The zero-order valence-electron chi connectivity index (χ0n) is 21.5. The molecule has 11 nitrogen and oxygen atoms in total. The van der Waals surface area contributed by atoms with E-state index in [4.69, 9.17) is 5.11 Å². The number of carbonyl (C=O) groups is 3. The lowest BCUT2D eigenvalue weighted by atomic mass is 10.0. The summed E-state index contributed by atoms with van der Waals surface area (Å²) >= 11 is 0. The molecule has 2 atom stereocenters. The van der Waals surface area contributed by atoms with Gasteiger partial charge in [-0.25, -0.2) is 14.8 Å². The van der Waals surface area contributed by atoms with Gasteiger partial charge in [0.2, 0.25) is 17.6 Å². The molecule has 2 aromatic rings. The quantitative estimate of drug-likeness (QED) is 0.494. The van der Waals surface area contributed by atoms with Gasteiger partial charge in [0.25, 0.3) is 0 Å². The van der Waals surface area contributed by atoms with Crippen LogP contribution < -0.4 is 0 Å². The molecule has 2 saturated heterocycles. The second-order valence-corrected chi connectivity index (χ2v) is 9.42. The lowest BCUT2D eigenvalue weighted by Gasteiger charge is -2.18. The number of hydrogen-bond acceptors (Lipinski definition) is 7. The highest BCUT2D eigenvalue weighted by molar-refractivity contribution is 5.85. The molecule has 4 heterocycles. The second-order valence-electron chi connectivity index (χ2n) is 9.42. The van der Waals surface area contributed by atoms with Crippen LogP contribution in [0.1, 0.15) is 68.8 Å². The number of nitrogens with zero attached hydrogens (tertiary/aromatic N) is 6. The topological polar surface area (TPSA) is 123 Å². The molecule has 198 valence electrons. The van der Waals surface area contributed by atoms with Crippen molar-refractivity contribution in [3.63, 3.8) is 0 Å². The Morgan fingerprint density at radius 2 is 1.47 bits per heavy atom. The monoisotopic (exact) mass is 502 g/mol. The summed E-state index contributed by atoms with van der Waals surface area (Å²) in [6.07, 6.45) is 12.3. The van der Waals surface area contributed by atoms with E-state index >= 15 is 0 Å². The summed E-state index contributed by atoms with van der Waals surface area (Å²) in [4.78, 5) is 46.8. The number of hydrogen-bond donors (Lipinski definition) is 1. The van der Waals surface area contributed by atoms with Crippen molar-refractivity contribution in [1.29, 1.82) is 0 Å². The van der Waals surface area contributed by atoms with Gasteiger partial charge in [0, 0.05) is 50.7 Å². The Bertz CT molecular complexity index is 1020. The maximum atomic E-state index is 11.9. The zero-order chi connectivity index (χ0) is 26.1. The number of aromatic nitrogens is 4. The van der Waals surface area contributed by atoms with E-state index in [1.165, 1.54) is 13.3 Å². The number of ether oxygens (including phenoxy) is 1. The number of amides is 2. The van der Waals surface area contributed by atoms with Gasteiger partial charge < -0.3 is 28.8 Å². The molecule has 2 fully saturated rings. The van der Waals surface area contributed by atoms with Crippen LogP contribution in [0.4, 0.5) is 0 Å². The van der Waals surface area contributed by atoms with E-state index in [0.717, 1.165) is 38.8 Å². The van der Waals surface area contributed by atoms with E-state index in [2.05, 4.69) is 28.6 Å². The first-order valence-corrected chi connectivity index (χ1v) is 12.7. The Labute approximate surface area is 212 Å². The summed E-state index contributed by atoms with van der Waals surface area (Å²) in [5.41, 5.74) is 0. The summed E-state index contributed by atoms with van der Waals surface area (Å²) in [6.45, 7) is 6.64. The first kappa shape index (κ1) is 27.4. The number of esters is 1. The molecular weight excluding hydrogens is 464 g/mol. The molecular formula is C25H38N6O5. The summed E-state index contributed by atoms with van der Waals surface area (Å²) in [5.74, 6) is 1.63. The third-order valence-electron chi connectivity index (χ3n) is 6.66. The lowest BCUT2D eigenvalue weighted by Crippen LogP contribution is -2.29. The molecule has 1 N–H and O–H groups in total. The molecule has 0 aliphatic carbocycles. The van der Waals surface area contributed by atoms with E-state index in [0.29, 0.717) is 43.8 Å².